The number of aliphatic hydroxyl groups is 1. The highest BCUT2D eigenvalue weighted by Gasteiger charge is 2.36. The maximum Gasteiger partial charge on any atom is 0.227 e. The largest absolute Gasteiger partial charge is 0.475 e. The Morgan fingerprint density at radius 2 is 2.14 bits per heavy atom. The van der Waals surface area contributed by atoms with E-state index >= 15 is 0 Å². The van der Waals surface area contributed by atoms with E-state index in [1.165, 1.54) is 0 Å². The standard InChI is InChI=1S/C15H18N4O2/c1-8-6-10-13-14(18-9(2)17-10)19-5-3-4-12(20)11(19)7-21-15(13)16-8/h6,11-12,20H,3-5,7H2,1-2H3. The Hall–Kier alpha value is -1.95. The Morgan fingerprint density at radius 3 is 3.00 bits per heavy atom. The van der Waals surface area contributed by atoms with E-state index in [0.29, 0.717) is 12.5 Å². The number of aromatic nitrogens is 3. The van der Waals surface area contributed by atoms with Crippen molar-refractivity contribution in [1.29, 1.82) is 0 Å². The van der Waals surface area contributed by atoms with Gasteiger partial charge in [0.05, 0.1) is 17.7 Å². The van der Waals surface area contributed by atoms with Crippen LogP contribution in [0.15, 0.2) is 6.07 Å². The molecule has 21 heavy (non-hydrogen) atoms. The number of anilines is 1. The van der Waals surface area contributed by atoms with Crippen LogP contribution in [-0.2, 0) is 0 Å². The predicted molar refractivity (Wildman–Crippen MR) is 78.7 cm³/mol. The molecule has 1 saturated heterocycles. The van der Waals surface area contributed by atoms with Crippen LogP contribution < -0.4 is 9.64 Å². The molecule has 4 rings (SSSR count). The van der Waals surface area contributed by atoms with Crippen molar-refractivity contribution < 1.29 is 9.84 Å². The fraction of sp³-hybridized carbons (Fsp3) is 0.533. The van der Waals surface area contributed by atoms with Crippen LogP contribution in [0, 0.1) is 13.8 Å². The normalized spacial score (nSPS) is 24.4. The van der Waals surface area contributed by atoms with Crippen LogP contribution >= 0.6 is 0 Å². The number of nitrogens with zero attached hydrogens (tertiary/aromatic N) is 4. The van der Waals surface area contributed by atoms with Gasteiger partial charge in [0.15, 0.2) is 0 Å². The summed E-state index contributed by atoms with van der Waals surface area (Å²) in [5.74, 6) is 2.16. The van der Waals surface area contributed by atoms with Crippen LogP contribution in [0.3, 0.4) is 0 Å². The predicted octanol–water partition coefficient (Wildman–Crippen LogP) is 1.36. The molecule has 2 aromatic heterocycles. The number of ether oxygens (including phenoxy) is 1. The van der Waals surface area contributed by atoms with Crippen molar-refractivity contribution in [2.45, 2.75) is 38.8 Å². The lowest BCUT2D eigenvalue weighted by Gasteiger charge is -2.38. The molecular formula is C15H18N4O2. The van der Waals surface area contributed by atoms with Gasteiger partial charge >= 0.3 is 0 Å². The van der Waals surface area contributed by atoms with E-state index in [0.717, 1.165) is 47.6 Å². The molecule has 2 aliphatic rings. The molecule has 2 aliphatic heterocycles. The van der Waals surface area contributed by atoms with Gasteiger partial charge in [-0.2, -0.15) is 0 Å². The molecule has 0 amide bonds. The molecule has 0 saturated carbocycles. The Morgan fingerprint density at radius 1 is 1.29 bits per heavy atom. The van der Waals surface area contributed by atoms with Crippen molar-refractivity contribution in [1.82, 2.24) is 15.0 Å². The maximum absolute atomic E-state index is 10.3. The lowest BCUT2D eigenvalue weighted by Crippen LogP contribution is -2.51. The molecule has 0 radical (unpaired) electrons. The summed E-state index contributed by atoms with van der Waals surface area (Å²) < 4.78 is 5.89. The van der Waals surface area contributed by atoms with Crippen LogP contribution in [0.1, 0.15) is 24.4 Å². The van der Waals surface area contributed by atoms with Gasteiger partial charge in [-0.05, 0) is 32.8 Å². The molecule has 6 nitrogen and oxygen atoms in total. The summed E-state index contributed by atoms with van der Waals surface area (Å²) in [7, 11) is 0. The summed E-state index contributed by atoms with van der Waals surface area (Å²) in [6.07, 6.45) is 1.37. The molecule has 1 fully saturated rings. The fourth-order valence-electron chi connectivity index (χ4n) is 3.31. The minimum atomic E-state index is -0.389. The number of aliphatic hydroxyl groups excluding tert-OH is 1. The fourth-order valence-corrected chi connectivity index (χ4v) is 3.31. The van der Waals surface area contributed by atoms with Crippen molar-refractivity contribution in [3.63, 3.8) is 0 Å². The number of fused-ring (bicyclic) bond motifs is 2. The van der Waals surface area contributed by atoms with Gasteiger partial charge in [0, 0.05) is 12.2 Å². The first-order valence-electron chi connectivity index (χ1n) is 7.37. The molecule has 6 heteroatoms. The second-order valence-corrected chi connectivity index (χ2v) is 5.84. The second-order valence-electron chi connectivity index (χ2n) is 5.84. The molecule has 2 unspecified atom stereocenters. The zero-order chi connectivity index (χ0) is 14.6. The van der Waals surface area contributed by atoms with E-state index in [9.17, 15) is 5.11 Å². The van der Waals surface area contributed by atoms with Crippen molar-refractivity contribution >= 4 is 16.7 Å². The van der Waals surface area contributed by atoms with Crippen LogP contribution in [0.5, 0.6) is 5.88 Å². The number of hydrogen-bond donors (Lipinski definition) is 1. The minimum absolute atomic E-state index is 0.0641. The van der Waals surface area contributed by atoms with Crippen molar-refractivity contribution in [3.05, 3.63) is 17.6 Å². The lowest BCUT2D eigenvalue weighted by atomic mass is 9.99. The maximum atomic E-state index is 10.3. The Bertz CT molecular complexity index is 713. The first-order valence-corrected chi connectivity index (χ1v) is 7.37. The molecular weight excluding hydrogens is 268 g/mol. The van der Waals surface area contributed by atoms with E-state index in [1.807, 2.05) is 19.9 Å². The highest BCUT2D eigenvalue weighted by Crippen LogP contribution is 2.37. The Labute approximate surface area is 122 Å². The third-order valence-corrected chi connectivity index (χ3v) is 4.27. The first kappa shape index (κ1) is 12.8. The molecule has 0 spiro atoms. The number of aryl methyl sites for hydroxylation is 2. The number of hydrogen-bond acceptors (Lipinski definition) is 6. The van der Waals surface area contributed by atoms with Crippen molar-refractivity contribution in [2.24, 2.45) is 0 Å². The van der Waals surface area contributed by atoms with Gasteiger partial charge in [0.1, 0.15) is 23.6 Å². The molecule has 1 N–H and O–H groups in total. The van der Waals surface area contributed by atoms with Gasteiger partial charge in [-0.15, -0.1) is 0 Å². The average Bonchev–Trinajstić information content (AvgIpc) is 2.58. The summed E-state index contributed by atoms with van der Waals surface area (Å²) in [5, 5.41) is 11.2. The van der Waals surface area contributed by atoms with Gasteiger partial charge in [-0.3, -0.25) is 0 Å². The summed E-state index contributed by atoms with van der Waals surface area (Å²) in [6, 6.07) is 1.90. The third-order valence-electron chi connectivity index (χ3n) is 4.27. The Balaban J connectivity index is 2.00. The molecule has 2 atom stereocenters. The van der Waals surface area contributed by atoms with Gasteiger partial charge in [-0.1, -0.05) is 0 Å². The average molecular weight is 286 g/mol. The number of pyridine rings is 1. The van der Waals surface area contributed by atoms with Crippen LogP contribution in [0.4, 0.5) is 5.82 Å². The SMILES string of the molecule is Cc1cc2nc(C)nc3c2c(n1)OCC1C(O)CCCN31. The third kappa shape index (κ3) is 1.93. The molecule has 0 aliphatic carbocycles. The second kappa shape index (κ2) is 4.53. The minimum Gasteiger partial charge on any atom is -0.475 e. The highest BCUT2D eigenvalue weighted by atomic mass is 16.5. The monoisotopic (exact) mass is 286 g/mol. The molecule has 2 aromatic rings. The smallest absolute Gasteiger partial charge is 0.227 e. The molecule has 0 bridgehead atoms. The zero-order valence-electron chi connectivity index (χ0n) is 12.2. The van der Waals surface area contributed by atoms with Gasteiger partial charge in [0.2, 0.25) is 5.88 Å². The summed E-state index contributed by atoms with van der Waals surface area (Å²) in [4.78, 5) is 15.8. The van der Waals surface area contributed by atoms with Crippen LogP contribution in [0.25, 0.3) is 10.9 Å². The molecule has 0 aromatic carbocycles. The number of rotatable bonds is 0. The van der Waals surface area contributed by atoms with E-state index in [2.05, 4.69) is 19.9 Å². The number of piperidine rings is 1. The van der Waals surface area contributed by atoms with Gasteiger partial charge < -0.3 is 14.7 Å². The van der Waals surface area contributed by atoms with Crippen LogP contribution in [0.2, 0.25) is 0 Å². The summed E-state index contributed by atoms with van der Waals surface area (Å²) in [5.41, 5.74) is 1.74. The summed E-state index contributed by atoms with van der Waals surface area (Å²) in [6.45, 7) is 5.14. The van der Waals surface area contributed by atoms with E-state index in [-0.39, 0.29) is 12.1 Å². The van der Waals surface area contributed by atoms with E-state index in [4.69, 9.17) is 4.74 Å². The molecule has 110 valence electrons. The molecule has 4 heterocycles. The topological polar surface area (TPSA) is 71.4 Å². The van der Waals surface area contributed by atoms with E-state index in [1.54, 1.807) is 0 Å². The lowest BCUT2D eigenvalue weighted by molar-refractivity contribution is 0.0878. The van der Waals surface area contributed by atoms with E-state index < -0.39 is 0 Å². The van der Waals surface area contributed by atoms with Gasteiger partial charge in [0.25, 0.3) is 0 Å². The zero-order valence-corrected chi connectivity index (χ0v) is 12.2. The van der Waals surface area contributed by atoms with Gasteiger partial charge in [-0.25, -0.2) is 15.0 Å². The van der Waals surface area contributed by atoms with Crippen molar-refractivity contribution in [2.75, 3.05) is 18.1 Å². The summed E-state index contributed by atoms with van der Waals surface area (Å²) >= 11 is 0. The quantitative estimate of drug-likeness (QED) is 0.788. The van der Waals surface area contributed by atoms with Crippen LogP contribution in [-0.4, -0.2) is 45.4 Å². The van der Waals surface area contributed by atoms with Crippen molar-refractivity contribution in [3.8, 4) is 5.88 Å². The first-order chi connectivity index (χ1) is 10.1. The highest BCUT2D eigenvalue weighted by molar-refractivity contribution is 5.94. The Kier molecular flexibility index (Phi) is 2.75.